The molecule has 0 aliphatic carbocycles. The van der Waals surface area contributed by atoms with Crippen LogP contribution in [0.5, 0.6) is 5.88 Å². The molecule has 6 nitrogen and oxygen atoms in total. The van der Waals surface area contributed by atoms with Gasteiger partial charge in [-0.1, -0.05) is 19.4 Å². The number of nitrogens with one attached hydrogen (secondary N) is 1. The topological polar surface area (TPSA) is 82.3 Å². The highest BCUT2D eigenvalue weighted by molar-refractivity contribution is 5.67. The van der Waals surface area contributed by atoms with Crippen molar-refractivity contribution < 1.29 is 9.47 Å². The lowest BCUT2D eigenvalue weighted by Crippen LogP contribution is -2.11. The summed E-state index contributed by atoms with van der Waals surface area (Å²) >= 11 is 0. The number of hydrogen-bond acceptors (Lipinski definition) is 6. The molecule has 0 unspecified atom stereocenters. The first-order valence-corrected chi connectivity index (χ1v) is 6.35. The minimum atomic E-state index is 0.313. The van der Waals surface area contributed by atoms with Crippen LogP contribution in [-0.4, -0.2) is 30.2 Å². The fourth-order valence-electron chi connectivity index (χ4n) is 1.41. The second kappa shape index (κ2) is 8.31. The normalized spacial score (nSPS) is 10.2. The van der Waals surface area contributed by atoms with E-state index < -0.39 is 0 Å². The Kier molecular flexibility index (Phi) is 6.67. The van der Waals surface area contributed by atoms with E-state index in [-0.39, 0.29) is 0 Å². The minimum absolute atomic E-state index is 0.313. The zero-order chi connectivity index (χ0) is 14.1. The Morgan fingerprint density at radius 1 is 1.42 bits per heavy atom. The number of hydrogen-bond donors (Lipinski definition) is 2. The molecule has 0 atom stereocenters. The first-order valence-electron chi connectivity index (χ1n) is 6.35. The third-order valence-electron chi connectivity index (χ3n) is 2.38. The smallest absolute Gasteiger partial charge is 0.242 e. The van der Waals surface area contributed by atoms with Gasteiger partial charge in [0.15, 0.2) is 11.6 Å². The van der Waals surface area contributed by atoms with Crippen LogP contribution in [0.3, 0.4) is 0 Å². The summed E-state index contributed by atoms with van der Waals surface area (Å²) in [7, 11) is 1.59. The largest absolute Gasteiger partial charge is 0.476 e. The lowest BCUT2D eigenvalue weighted by atomic mass is 10.3. The van der Waals surface area contributed by atoms with Gasteiger partial charge in [-0.3, -0.25) is 0 Å². The maximum Gasteiger partial charge on any atom is 0.242 e. The zero-order valence-electron chi connectivity index (χ0n) is 11.6. The SMILES string of the molecule is C=CCNc1nc(COC)nc(OCCCC)c1N. The summed E-state index contributed by atoms with van der Waals surface area (Å²) in [5.41, 5.74) is 6.40. The summed E-state index contributed by atoms with van der Waals surface area (Å²) in [5, 5.41) is 3.06. The number of unbranched alkanes of at least 4 members (excludes halogenated alkanes) is 1. The first-order chi connectivity index (χ1) is 9.22. The number of rotatable bonds is 9. The van der Waals surface area contributed by atoms with Gasteiger partial charge in [-0.05, 0) is 6.42 Å². The number of nitrogens with zero attached hydrogens (tertiary/aromatic N) is 2. The molecule has 0 amide bonds. The Labute approximate surface area is 114 Å². The van der Waals surface area contributed by atoms with Crippen molar-refractivity contribution in [3.05, 3.63) is 18.5 Å². The van der Waals surface area contributed by atoms with Crippen molar-refractivity contribution >= 4 is 11.5 Å². The molecule has 0 fully saturated rings. The Morgan fingerprint density at radius 2 is 2.21 bits per heavy atom. The van der Waals surface area contributed by atoms with Crippen LogP contribution in [0.25, 0.3) is 0 Å². The Bertz CT molecular complexity index is 410. The van der Waals surface area contributed by atoms with Gasteiger partial charge in [0, 0.05) is 13.7 Å². The van der Waals surface area contributed by atoms with Crippen molar-refractivity contribution in [1.82, 2.24) is 9.97 Å². The maximum absolute atomic E-state index is 5.98. The maximum atomic E-state index is 5.98. The van der Waals surface area contributed by atoms with Crippen LogP contribution in [0, 0.1) is 0 Å². The van der Waals surface area contributed by atoms with E-state index >= 15 is 0 Å². The van der Waals surface area contributed by atoms with Crippen molar-refractivity contribution in [2.45, 2.75) is 26.4 Å². The van der Waals surface area contributed by atoms with Crippen molar-refractivity contribution in [1.29, 1.82) is 0 Å². The second-order valence-electron chi connectivity index (χ2n) is 4.01. The average molecular weight is 266 g/mol. The third kappa shape index (κ3) is 4.75. The van der Waals surface area contributed by atoms with E-state index in [4.69, 9.17) is 15.2 Å². The number of ether oxygens (including phenoxy) is 2. The first kappa shape index (κ1) is 15.2. The third-order valence-corrected chi connectivity index (χ3v) is 2.38. The summed E-state index contributed by atoms with van der Waals surface area (Å²) in [6.07, 6.45) is 3.74. The van der Waals surface area contributed by atoms with Crippen LogP contribution in [0.2, 0.25) is 0 Å². The molecule has 0 aliphatic rings. The number of nitrogens with two attached hydrogens (primary N) is 1. The number of nitrogen functional groups attached to an aromatic ring is 1. The summed E-state index contributed by atoms with van der Waals surface area (Å²) in [5.74, 6) is 1.49. The molecule has 0 radical (unpaired) electrons. The van der Waals surface area contributed by atoms with Gasteiger partial charge in [0.05, 0.1) is 6.61 Å². The van der Waals surface area contributed by atoms with Gasteiger partial charge < -0.3 is 20.5 Å². The van der Waals surface area contributed by atoms with Gasteiger partial charge in [0.25, 0.3) is 0 Å². The van der Waals surface area contributed by atoms with Crippen LogP contribution >= 0.6 is 0 Å². The lowest BCUT2D eigenvalue weighted by molar-refractivity contribution is 0.176. The van der Waals surface area contributed by atoms with E-state index in [1.807, 2.05) is 0 Å². The Balaban J connectivity index is 2.91. The molecule has 0 aromatic carbocycles. The van der Waals surface area contributed by atoms with E-state index in [0.29, 0.717) is 43.0 Å². The molecule has 19 heavy (non-hydrogen) atoms. The molecule has 0 aliphatic heterocycles. The standard InChI is InChI=1S/C13H22N4O2/c1-4-6-8-19-13-11(14)12(15-7-5-2)16-10(17-13)9-18-3/h5H,2,4,6-9,14H2,1,3H3,(H,15,16,17). The quantitative estimate of drug-likeness (QED) is 0.525. The van der Waals surface area contributed by atoms with Crippen molar-refractivity contribution in [3.63, 3.8) is 0 Å². The Hall–Kier alpha value is -1.82. The molecule has 0 saturated heterocycles. The molecule has 1 rings (SSSR count). The molecular formula is C13H22N4O2. The molecule has 1 aromatic heterocycles. The van der Waals surface area contributed by atoms with E-state index in [1.54, 1.807) is 13.2 Å². The van der Waals surface area contributed by atoms with Gasteiger partial charge in [-0.15, -0.1) is 6.58 Å². The molecule has 6 heteroatoms. The predicted octanol–water partition coefficient (Wildman–Crippen LogP) is 1.98. The van der Waals surface area contributed by atoms with Crippen LogP contribution in [0.1, 0.15) is 25.6 Å². The molecular weight excluding hydrogens is 244 g/mol. The van der Waals surface area contributed by atoms with Crippen LogP contribution < -0.4 is 15.8 Å². The van der Waals surface area contributed by atoms with Gasteiger partial charge in [0.2, 0.25) is 5.88 Å². The van der Waals surface area contributed by atoms with Crippen molar-refractivity contribution in [3.8, 4) is 5.88 Å². The molecule has 0 bridgehead atoms. The van der Waals surface area contributed by atoms with E-state index in [9.17, 15) is 0 Å². The second-order valence-corrected chi connectivity index (χ2v) is 4.01. The summed E-state index contributed by atoms with van der Waals surface area (Å²) in [4.78, 5) is 8.54. The van der Waals surface area contributed by atoms with E-state index in [0.717, 1.165) is 12.8 Å². The van der Waals surface area contributed by atoms with E-state index in [2.05, 4.69) is 28.8 Å². The van der Waals surface area contributed by atoms with Gasteiger partial charge in [0.1, 0.15) is 12.3 Å². The van der Waals surface area contributed by atoms with Crippen LogP contribution in [0.15, 0.2) is 12.7 Å². The van der Waals surface area contributed by atoms with E-state index in [1.165, 1.54) is 0 Å². The molecule has 3 N–H and O–H groups in total. The highest BCUT2D eigenvalue weighted by Gasteiger charge is 2.12. The van der Waals surface area contributed by atoms with Crippen LogP contribution in [0.4, 0.5) is 11.5 Å². The van der Waals surface area contributed by atoms with Gasteiger partial charge >= 0.3 is 0 Å². The van der Waals surface area contributed by atoms with Gasteiger partial charge in [-0.25, -0.2) is 4.98 Å². The summed E-state index contributed by atoms with van der Waals surface area (Å²) in [6.45, 7) is 7.21. The number of aromatic nitrogens is 2. The summed E-state index contributed by atoms with van der Waals surface area (Å²) in [6, 6.07) is 0. The molecule has 0 spiro atoms. The number of methoxy groups -OCH3 is 1. The van der Waals surface area contributed by atoms with Crippen LogP contribution in [-0.2, 0) is 11.3 Å². The highest BCUT2D eigenvalue weighted by atomic mass is 16.5. The summed E-state index contributed by atoms with van der Waals surface area (Å²) < 4.78 is 10.6. The molecule has 0 saturated carbocycles. The van der Waals surface area contributed by atoms with Gasteiger partial charge in [-0.2, -0.15) is 4.98 Å². The Morgan fingerprint density at radius 3 is 2.84 bits per heavy atom. The predicted molar refractivity (Wildman–Crippen MR) is 76.2 cm³/mol. The fourth-order valence-corrected chi connectivity index (χ4v) is 1.41. The van der Waals surface area contributed by atoms with Crippen molar-refractivity contribution in [2.75, 3.05) is 31.3 Å². The number of anilines is 2. The zero-order valence-corrected chi connectivity index (χ0v) is 11.6. The fraction of sp³-hybridized carbons (Fsp3) is 0.538. The molecule has 106 valence electrons. The lowest BCUT2D eigenvalue weighted by Gasteiger charge is -2.13. The molecule has 1 heterocycles. The monoisotopic (exact) mass is 266 g/mol. The minimum Gasteiger partial charge on any atom is -0.476 e. The van der Waals surface area contributed by atoms with Crippen molar-refractivity contribution in [2.24, 2.45) is 0 Å². The molecule has 1 aromatic rings. The average Bonchev–Trinajstić information content (AvgIpc) is 2.41. The highest BCUT2D eigenvalue weighted by Crippen LogP contribution is 2.26.